The molecule has 2 heterocycles. The van der Waals surface area contributed by atoms with E-state index in [0.717, 1.165) is 6.07 Å². The second-order valence-electron chi connectivity index (χ2n) is 6.14. The predicted octanol–water partition coefficient (Wildman–Crippen LogP) is 3.91. The Morgan fingerprint density at radius 3 is 2.67 bits per heavy atom. The summed E-state index contributed by atoms with van der Waals surface area (Å²) in [5.74, 6) is -0.642. The van der Waals surface area contributed by atoms with Crippen molar-refractivity contribution in [2.45, 2.75) is 0 Å². The Kier molecular flexibility index (Phi) is 4.08. The fraction of sp³-hybridized carbons (Fsp3) is 0.105. The number of oxazole rings is 1. The zero-order valence-corrected chi connectivity index (χ0v) is 15.2. The van der Waals surface area contributed by atoms with Crippen LogP contribution in [0.2, 0.25) is 5.02 Å². The topological polar surface area (TPSA) is 88.6 Å². The summed E-state index contributed by atoms with van der Waals surface area (Å²) in [6.07, 6.45) is 0. The van der Waals surface area contributed by atoms with Crippen molar-refractivity contribution >= 4 is 51.3 Å². The molecule has 2 aromatic carbocycles. The van der Waals surface area contributed by atoms with Crippen LogP contribution < -0.4 is 15.6 Å². The fourth-order valence-electron chi connectivity index (χ4n) is 2.61. The molecule has 0 spiro atoms. The van der Waals surface area contributed by atoms with Gasteiger partial charge in [-0.3, -0.25) is 9.59 Å². The maximum absolute atomic E-state index is 12.5. The van der Waals surface area contributed by atoms with Gasteiger partial charge in [-0.25, -0.2) is 0 Å². The molecule has 4 rings (SSSR count). The number of halogens is 1. The molecule has 0 saturated heterocycles. The van der Waals surface area contributed by atoms with Gasteiger partial charge < -0.3 is 19.1 Å². The number of carbonyl (C=O) groups excluding carboxylic acids is 1. The van der Waals surface area contributed by atoms with E-state index in [4.69, 9.17) is 20.4 Å². The third kappa shape index (κ3) is 3.24. The van der Waals surface area contributed by atoms with Gasteiger partial charge in [-0.2, -0.15) is 4.98 Å². The van der Waals surface area contributed by atoms with Gasteiger partial charge >= 0.3 is 0 Å². The highest BCUT2D eigenvalue weighted by Gasteiger charge is 2.14. The Morgan fingerprint density at radius 1 is 1.07 bits per heavy atom. The standard InChI is InChI=1S/C19H14ClN3O4/c1-23(2)19-22-13-5-4-11(8-16(13)27-19)21-18(25)17-9-14(24)12-7-10(20)3-6-15(12)26-17/h3-9H,1-2H3,(H,21,25). The van der Waals surface area contributed by atoms with E-state index in [1.807, 2.05) is 14.1 Å². The predicted molar refractivity (Wildman–Crippen MR) is 104 cm³/mol. The lowest BCUT2D eigenvalue weighted by Crippen LogP contribution is -2.14. The number of rotatable bonds is 3. The van der Waals surface area contributed by atoms with Gasteiger partial charge in [-0.15, -0.1) is 0 Å². The van der Waals surface area contributed by atoms with Crippen LogP contribution in [0.15, 0.2) is 56.1 Å². The van der Waals surface area contributed by atoms with E-state index >= 15 is 0 Å². The normalized spacial score (nSPS) is 11.1. The fourth-order valence-corrected chi connectivity index (χ4v) is 2.79. The molecule has 2 aromatic heterocycles. The molecule has 1 amide bonds. The molecule has 0 atom stereocenters. The van der Waals surface area contributed by atoms with Gasteiger partial charge in [-0.1, -0.05) is 11.6 Å². The summed E-state index contributed by atoms with van der Waals surface area (Å²) in [5, 5.41) is 3.43. The van der Waals surface area contributed by atoms with Crippen LogP contribution in [0.25, 0.3) is 22.1 Å². The molecule has 136 valence electrons. The van der Waals surface area contributed by atoms with Crippen LogP contribution in [0.3, 0.4) is 0 Å². The lowest BCUT2D eigenvalue weighted by atomic mass is 10.2. The van der Waals surface area contributed by atoms with Crippen molar-refractivity contribution < 1.29 is 13.6 Å². The summed E-state index contributed by atoms with van der Waals surface area (Å²) >= 11 is 5.89. The smallest absolute Gasteiger partial charge is 0.297 e. The largest absolute Gasteiger partial charge is 0.451 e. The van der Waals surface area contributed by atoms with Crippen molar-refractivity contribution in [1.29, 1.82) is 0 Å². The molecular weight excluding hydrogens is 370 g/mol. The SMILES string of the molecule is CN(C)c1nc2ccc(NC(=O)c3cc(=O)c4cc(Cl)ccc4o3)cc2o1. The number of anilines is 2. The zero-order valence-electron chi connectivity index (χ0n) is 14.4. The van der Waals surface area contributed by atoms with Gasteiger partial charge in [0.05, 0.1) is 5.39 Å². The van der Waals surface area contributed by atoms with Gasteiger partial charge in [0, 0.05) is 36.9 Å². The van der Waals surface area contributed by atoms with Crippen molar-refractivity contribution in [2.24, 2.45) is 0 Å². The Balaban J connectivity index is 1.65. The third-order valence-electron chi connectivity index (χ3n) is 3.93. The van der Waals surface area contributed by atoms with Crippen LogP contribution in [0, 0.1) is 0 Å². The number of hydrogen-bond donors (Lipinski definition) is 1. The molecule has 27 heavy (non-hydrogen) atoms. The number of fused-ring (bicyclic) bond motifs is 2. The van der Waals surface area contributed by atoms with E-state index in [1.165, 1.54) is 6.07 Å². The van der Waals surface area contributed by atoms with Crippen LogP contribution in [0.5, 0.6) is 0 Å². The van der Waals surface area contributed by atoms with E-state index in [-0.39, 0.29) is 11.2 Å². The molecule has 7 nitrogen and oxygen atoms in total. The van der Waals surface area contributed by atoms with Crippen molar-refractivity contribution in [3.63, 3.8) is 0 Å². The highest BCUT2D eigenvalue weighted by molar-refractivity contribution is 6.31. The Labute approximate surface area is 158 Å². The molecule has 0 radical (unpaired) electrons. The lowest BCUT2D eigenvalue weighted by Gasteiger charge is -2.05. The minimum atomic E-state index is -0.546. The number of nitrogens with zero attached hydrogens (tertiary/aromatic N) is 2. The molecular formula is C19H14ClN3O4. The maximum Gasteiger partial charge on any atom is 0.297 e. The second kappa shape index (κ2) is 6.44. The quantitative estimate of drug-likeness (QED) is 0.577. The number of amides is 1. The summed E-state index contributed by atoms with van der Waals surface area (Å²) in [6, 6.07) is 11.4. The van der Waals surface area contributed by atoms with E-state index in [9.17, 15) is 9.59 Å². The van der Waals surface area contributed by atoms with E-state index in [1.54, 1.807) is 35.2 Å². The van der Waals surface area contributed by atoms with Gasteiger partial charge in [0.2, 0.25) is 0 Å². The highest BCUT2D eigenvalue weighted by atomic mass is 35.5. The molecule has 0 unspecified atom stereocenters. The summed E-state index contributed by atoms with van der Waals surface area (Å²) in [7, 11) is 3.64. The Bertz CT molecular complexity index is 1240. The van der Waals surface area contributed by atoms with Crippen molar-refractivity contribution in [3.05, 3.63) is 63.5 Å². The molecule has 1 N–H and O–H groups in total. The van der Waals surface area contributed by atoms with Gasteiger partial charge in [0.1, 0.15) is 11.1 Å². The van der Waals surface area contributed by atoms with Gasteiger partial charge in [0.15, 0.2) is 16.8 Å². The maximum atomic E-state index is 12.5. The van der Waals surface area contributed by atoms with Crippen molar-refractivity contribution in [1.82, 2.24) is 4.98 Å². The average molecular weight is 384 g/mol. The number of nitrogens with one attached hydrogen (secondary N) is 1. The summed E-state index contributed by atoms with van der Waals surface area (Å²) in [5.41, 5.74) is 1.65. The summed E-state index contributed by atoms with van der Waals surface area (Å²) in [6.45, 7) is 0. The van der Waals surface area contributed by atoms with Crippen LogP contribution in [0.1, 0.15) is 10.6 Å². The van der Waals surface area contributed by atoms with Gasteiger partial charge in [0.25, 0.3) is 11.9 Å². The number of aromatic nitrogens is 1. The van der Waals surface area contributed by atoms with E-state index in [2.05, 4.69) is 10.3 Å². The summed E-state index contributed by atoms with van der Waals surface area (Å²) in [4.78, 5) is 30.8. The first-order valence-electron chi connectivity index (χ1n) is 8.03. The van der Waals surface area contributed by atoms with Crippen LogP contribution >= 0.6 is 11.6 Å². The zero-order chi connectivity index (χ0) is 19.1. The molecule has 4 aromatic rings. The first-order valence-corrected chi connectivity index (χ1v) is 8.41. The van der Waals surface area contributed by atoms with Gasteiger partial charge in [-0.05, 0) is 30.3 Å². The van der Waals surface area contributed by atoms with Crippen molar-refractivity contribution in [3.8, 4) is 0 Å². The Hall–Kier alpha value is -3.32. The van der Waals surface area contributed by atoms with Crippen LogP contribution in [-0.4, -0.2) is 25.0 Å². The molecule has 0 aliphatic heterocycles. The second-order valence-corrected chi connectivity index (χ2v) is 6.58. The van der Waals surface area contributed by atoms with Crippen molar-refractivity contribution in [2.75, 3.05) is 24.3 Å². The molecule has 0 saturated carbocycles. The molecule has 0 aliphatic rings. The first kappa shape index (κ1) is 17.1. The molecule has 0 bridgehead atoms. The lowest BCUT2D eigenvalue weighted by molar-refractivity contribution is 0.0997. The average Bonchev–Trinajstić information content (AvgIpc) is 3.06. The minimum absolute atomic E-state index is 0.0959. The Morgan fingerprint density at radius 2 is 1.89 bits per heavy atom. The number of benzene rings is 2. The highest BCUT2D eigenvalue weighted by Crippen LogP contribution is 2.24. The molecule has 0 aliphatic carbocycles. The molecule has 0 fully saturated rings. The van der Waals surface area contributed by atoms with Crippen LogP contribution in [0.4, 0.5) is 11.7 Å². The number of hydrogen-bond acceptors (Lipinski definition) is 6. The molecule has 8 heteroatoms. The van der Waals surface area contributed by atoms with E-state index < -0.39 is 5.91 Å². The monoisotopic (exact) mass is 383 g/mol. The van der Waals surface area contributed by atoms with E-state index in [0.29, 0.717) is 38.8 Å². The minimum Gasteiger partial charge on any atom is -0.451 e. The number of carbonyl (C=O) groups is 1. The third-order valence-corrected chi connectivity index (χ3v) is 4.17. The first-order chi connectivity index (χ1) is 12.9. The van der Waals surface area contributed by atoms with Crippen LogP contribution in [-0.2, 0) is 0 Å². The summed E-state index contributed by atoms with van der Waals surface area (Å²) < 4.78 is 11.2.